The van der Waals surface area contributed by atoms with Crippen LogP contribution in [0, 0.1) is 12.8 Å². The lowest BCUT2D eigenvalue weighted by Gasteiger charge is -2.37. The minimum Gasteiger partial charge on any atom is -1.00 e. The van der Waals surface area contributed by atoms with Crippen LogP contribution in [0.3, 0.4) is 0 Å². The minimum atomic E-state index is -0.878. The molecule has 0 saturated heterocycles. The number of halogens is 1. The molecular formula is C29H34BrN3O3. The molecule has 1 aromatic heterocycles. The van der Waals surface area contributed by atoms with E-state index >= 15 is 0 Å². The van der Waals surface area contributed by atoms with Gasteiger partial charge in [-0.15, -0.1) is 0 Å². The minimum absolute atomic E-state index is 0. The van der Waals surface area contributed by atoms with E-state index < -0.39 is 5.41 Å². The number of ether oxygens (including phenoxy) is 1. The van der Waals surface area contributed by atoms with Gasteiger partial charge >= 0.3 is 5.97 Å². The number of allylic oxidation sites excluding steroid dienone is 1. The molecule has 2 aromatic carbocycles. The van der Waals surface area contributed by atoms with Crippen LogP contribution in [0.4, 0.5) is 0 Å². The smallest absolute Gasteiger partial charge is 0.330 e. The van der Waals surface area contributed by atoms with Crippen molar-refractivity contribution in [3.05, 3.63) is 102 Å². The quantitative estimate of drug-likeness (QED) is 0.245. The third-order valence-electron chi connectivity index (χ3n) is 7.30. The number of nitrogens with two attached hydrogens (primary N) is 1. The molecule has 0 spiro atoms. The molecule has 0 bridgehead atoms. The van der Waals surface area contributed by atoms with Crippen molar-refractivity contribution in [1.29, 1.82) is 0 Å². The molecule has 1 fully saturated rings. The first-order chi connectivity index (χ1) is 17.0. The highest BCUT2D eigenvalue weighted by molar-refractivity contribution is 5.91. The van der Waals surface area contributed by atoms with Gasteiger partial charge in [-0.25, -0.2) is 13.9 Å². The van der Waals surface area contributed by atoms with E-state index in [1.807, 2.05) is 72.9 Å². The van der Waals surface area contributed by atoms with Crippen molar-refractivity contribution in [2.75, 3.05) is 6.61 Å². The maximum atomic E-state index is 13.3. The van der Waals surface area contributed by atoms with Crippen LogP contribution >= 0.6 is 0 Å². The van der Waals surface area contributed by atoms with E-state index in [4.69, 9.17) is 10.5 Å². The molecule has 0 unspecified atom stereocenters. The SMILES string of the molecule is CCOC(=O)C=CC[n+]1ccn([C@H]2CC[C@@H](C(C(N)=O)(c3ccccc3)c3ccccc3)C2)c1C.[Br-]. The number of hydrogen-bond acceptors (Lipinski definition) is 3. The second-order valence-corrected chi connectivity index (χ2v) is 9.13. The molecule has 0 radical (unpaired) electrons. The summed E-state index contributed by atoms with van der Waals surface area (Å²) in [5.74, 6) is 0.555. The highest BCUT2D eigenvalue weighted by Crippen LogP contribution is 2.49. The zero-order chi connectivity index (χ0) is 24.8. The lowest BCUT2D eigenvalue weighted by atomic mass is 9.64. The Labute approximate surface area is 223 Å². The van der Waals surface area contributed by atoms with Crippen molar-refractivity contribution in [3.8, 4) is 0 Å². The van der Waals surface area contributed by atoms with Crippen LogP contribution < -0.4 is 27.3 Å². The second-order valence-electron chi connectivity index (χ2n) is 9.13. The van der Waals surface area contributed by atoms with Crippen LogP contribution in [-0.4, -0.2) is 23.1 Å². The third kappa shape index (κ3) is 5.31. The molecule has 4 rings (SSSR count). The monoisotopic (exact) mass is 551 g/mol. The van der Waals surface area contributed by atoms with Crippen LogP contribution in [0.2, 0.25) is 0 Å². The number of esters is 1. The Balaban J connectivity index is 0.00000361. The van der Waals surface area contributed by atoms with Crippen molar-refractivity contribution in [1.82, 2.24) is 4.57 Å². The van der Waals surface area contributed by atoms with Crippen molar-refractivity contribution in [2.45, 2.75) is 51.1 Å². The predicted molar refractivity (Wildman–Crippen MR) is 134 cm³/mol. The van der Waals surface area contributed by atoms with Crippen molar-refractivity contribution >= 4 is 11.9 Å². The van der Waals surface area contributed by atoms with Crippen LogP contribution in [0.1, 0.15) is 49.2 Å². The topological polar surface area (TPSA) is 78.2 Å². The highest BCUT2D eigenvalue weighted by atomic mass is 79.9. The lowest BCUT2D eigenvalue weighted by molar-refractivity contribution is -0.692. The summed E-state index contributed by atoms with van der Waals surface area (Å²) in [4.78, 5) is 24.9. The molecule has 6 nitrogen and oxygen atoms in total. The normalized spacial score (nSPS) is 17.6. The molecule has 1 aliphatic rings. The van der Waals surface area contributed by atoms with Gasteiger partial charge in [0.1, 0.15) is 30.4 Å². The Hall–Kier alpha value is -3.19. The van der Waals surface area contributed by atoms with Gasteiger partial charge in [0.15, 0.2) is 0 Å². The van der Waals surface area contributed by atoms with Crippen molar-refractivity contribution in [3.63, 3.8) is 0 Å². The summed E-state index contributed by atoms with van der Waals surface area (Å²) in [7, 11) is 0. The summed E-state index contributed by atoms with van der Waals surface area (Å²) in [6.07, 6.45) is 10.1. The van der Waals surface area contributed by atoms with Gasteiger partial charge in [-0.3, -0.25) is 4.79 Å². The van der Waals surface area contributed by atoms with E-state index in [2.05, 4.69) is 22.3 Å². The number of amides is 1. The molecule has 7 heteroatoms. The van der Waals surface area contributed by atoms with Crippen LogP contribution in [0.25, 0.3) is 0 Å². The number of hydrogen-bond donors (Lipinski definition) is 1. The average Bonchev–Trinajstić information content (AvgIpc) is 3.48. The fraction of sp³-hybridized carbons (Fsp3) is 0.345. The number of primary amides is 1. The molecule has 1 heterocycles. The summed E-state index contributed by atoms with van der Waals surface area (Å²) >= 11 is 0. The summed E-state index contributed by atoms with van der Waals surface area (Å²) in [5, 5.41) is 0. The maximum absolute atomic E-state index is 13.3. The Bertz CT molecular complexity index is 1150. The first-order valence-corrected chi connectivity index (χ1v) is 12.3. The molecule has 1 amide bonds. The first kappa shape index (κ1) is 27.4. The van der Waals surface area contributed by atoms with E-state index in [-0.39, 0.29) is 40.8 Å². The van der Waals surface area contributed by atoms with Gasteiger partial charge in [0.2, 0.25) is 5.91 Å². The molecule has 3 aromatic rings. The predicted octanol–water partition coefficient (Wildman–Crippen LogP) is 1.02. The first-order valence-electron chi connectivity index (χ1n) is 12.3. The van der Waals surface area contributed by atoms with Crippen molar-refractivity contribution < 1.29 is 35.9 Å². The Morgan fingerprint density at radius 1 is 1.08 bits per heavy atom. The fourth-order valence-corrected chi connectivity index (χ4v) is 5.68. The fourth-order valence-electron chi connectivity index (χ4n) is 5.68. The summed E-state index contributed by atoms with van der Waals surface area (Å²) < 4.78 is 9.36. The number of benzene rings is 2. The van der Waals surface area contributed by atoms with Crippen LogP contribution in [-0.2, 0) is 26.3 Å². The lowest BCUT2D eigenvalue weighted by Crippen LogP contribution is -3.00. The Morgan fingerprint density at radius 3 is 2.25 bits per heavy atom. The van der Waals surface area contributed by atoms with E-state index in [0.717, 1.165) is 36.2 Å². The van der Waals surface area contributed by atoms with Gasteiger partial charge in [0.05, 0.1) is 6.61 Å². The zero-order valence-electron chi connectivity index (χ0n) is 20.8. The van der Waals surface area contributed by atoms with E-state index in [9.17, 15) is 9.59 Å². The van der Waals surface area contributed by atoms with Crippen LogP contribution in [0.15, 0.2) is 85.2 Å². The maximum Gasteiger partial charge on any atom is 0.330 e. The second kappa shape index (κ2) is 12.2. The van der Waals surface area contributed by atoms with E-state index in [1.165, 1.54) is 6.08 Å². The summed E-state index contributed by atoms with van der Waals surface area (Å²) in [6, 6.07) is 20.2. The molecule has 2 N–H and O–H groups in total. The number of carbonyl (C=O) groups is 2. The van der Waals surface area contributed by atoms with Gasteiger partial charge in [-0.2, -0.15) is 0 Å². The molecule has 36 heavy (non-hydrogen) atoms. The van der Waals surface area contributed by atoms with E-state index in [1.54, 1.807) is 6.92 Å². The summed E-state index contributed by atoms with van der Waals surface area (Å²) in [6.45, 7) is 4.84. The number of carbonyl (C=O) groups excluding carboxylic acids is 2. The van der Waals surface area contributed by atoms with E-state index in [0.29, 0.717) is 13.2 Å². The Morgan fingerprint density at radius 2 is 1.69 bits per heavy atom. The summed E-state index contributed by atoms with van der Waals surface area (Å²) in [5.41, 5.74) is 7.26. The average molecular weight is 553 g/mol. The Kier molecular flexibility index (Phi) is 9.26. The van der Waals surface area contributed by atoms with Gasteiger partial charge in [0.25, 0.3) is 5.82 Å². The molecule has 0 aliphatic heterocycles. The zero-order valence-corrected chi connectivity index (χ0v) is 22.4. The largest absolute Gasteiger partial charge is 1.00 e. The van der Waals surface area contributed by atoms with Crippen LogP contribution in [0.5, 0.6) is 0 Å². The third-order valence-corrected chi connectivity index (χ3v) is 7.30. The number of imidazole rings is 1. The van der Waals surface area contributed by atoms with Gasteiger partial charge in [-0.05, 0) is 49.3 Å². The molecular weight excluding hydrogens is 518 g/mol. The van der Waals surface area contributed by atoms with Gasteiger partial charge in [-0.1, -0.05) is 60.7 Å². The van der Waals surface area contributed by atoms with Crippen molar-refractivity contribution in [2.24, 2.45) is 11.7 Å². The molecule has 190 valence electrons. The number of nitrogens with zero attached hydrogens (tertiary/aromatic N) is 2. The molecule has 1 aliphatic carbocycles. The standard InChI is InChI=1S/C29H33N3O3.BrH/c1-3-35-27(33)15-10-18-31-19-20-32(22(31)2)26-17-16-25(21-26)29(28(30)34,23-11-6-4-7-12-23)24-13-8-5-9-14-24;/h4-15,19-20,25-26H,3,16-18,21H2,1-2H3,(H-,30,34);1H/t25-,26+;/m1./s1. The number of aromatic nitrogens is 2. The highest BCUT2D eigenvalue weighted by Gasteiger charge is 2.51. The number of rotatable bonds is 9. The molecule has 2 atom stereocenters. The van der Waals surface area contributed by atoms with Gasteiger partial charge in [0, 0.05) is 13.0 Å². The molecule has 1 saturated carbocycles. The van der Waals surface area contributed by atoms with Gasteiger partial charge < -0.3 is 27.5 Å².